The average Bonchev–Trinajstić information content (AvgIpc) is 2.27. The largest absolute Gasteiger partial charge is 0.392 e. The molecule has 0 aliphatic carbocycles. The highest BCUT2D eigenvalue weighted by atomic mass is 35.5. The first-order valence-electron chi connectivity index (χ1n) is 6.55. The number of hydrogen-bond acceptors (Lipinski definition) is 2. The number of hydrogen-bond donors (Lipinski definition) is 2. The summed E-state index contributed by atoms with van der Waals surface area (Å²) >= 11 is 5.76. The molecule has 0 saturated heterocycles. The molecule has 0 bridgehead atoms. The molecule has 0 heterocycles. The molecule has 4 heteroatoms. The quantitative estimate of drug-likeness (QED) is 0.860. The number of nitrogens with one attached hydrogen (secondary N) is 1. The summed E-state index contributed by atoms with van der Waals surface area (Å²) in [6, 6.07) is 4.70. The Balaban J connectivity index is 2.51. The van der Waals surface area contributed by atoms with E-state index in [9.17, 15) is 9.50 Å². The molecule has 1 aromatic rings. The molecule has 0 aromatic heterocycles. The topological polar surface area (TPSA) is 32.3 Å². The summed E-state index contributed by atoms with van der Waals surface area (Å²) in [6.45, 7) is 8.76. The maximum absolute atomic E-state index is 13.1. The van der Waals surface area contributed by atoms with Crippen LogP contribution in [0.15, 0.2) is 18.2 Å². The van der Waals surface area contributed by atoms with E-state index in [4.69, 9.17) is 11.6 Å². The minimum absolute atomic E-state index is 0.0210. The first-order valence-corrected chi connectivity index (χ1v) is 6.93. The molecule has 2 nitrogen and oxygen atoms in total. The average molecular weight is 288 g/mol. The van der Waals surface area contributed by atoms with Crippen LogP contribution in [-0.2, 0) is 0 Å². The molecule has 0 radical (unpaired) electrons. The second-order valence-electron chi connectivity index (χ2n) is 6.22. The monoisotopic (exact) mass is 287 g/mol. The number of halogens is 2. The minimum Gasteiger partial charge on any atom is -0.392 e. The highest BCUT2D eigenvalue weighted by molar-refractivity contribution is 6.30. The Morgan fingerprint density at radius 3 is 2.53 bits per heavy atom. The van der Waals surface area contributed by atoms with Crippen LogP contribution in [0.4, 0.5) is 4.39 Å². The molecule has 0 fully saturated rings. The Kier molecular flexibility index (Phi) is 5.78. The van der Waals surface area contributed by atoms with Gasteiger partial charge in [0.05, 0.1) is 11.1 Å². The van der Waals surface area contributed by atoms with Gasteiger partial charge in [0.1, 0.15) is 5.82 Å². The van der Waals surface area contributed by atoms with Gasteiger partial charge < -0.3 is 10.4 Å². The number of aliphatic hydroxyl groups excluding tert-OH is 1. The van der Waals surface area contributed by atoms with Crippen molar-refractivity contribution in [1.82, 2.24) is 5.32 Å². The minimum atomic E-state index is -0.412. The van der Waals surface area contributed by atoms with Gasteiger partial charge >= 0.3 is 0 Å². The van der Waals surface area contributed by atoms with E-state index in [-0.39, 0.29) is 16.5 Å². The summed E-state index contributed by atoms with van der Waals surface area (Å²) in [7, 11) is 0. The van der Waals surface area contributed by atoms with Gasteiger partial charge in [0, 0.05) is 12.6 Å². The molecule has 0 spiro atoms. The van der Waals surface area contributed by atoms with Crippen LogP contribution in [0.1, 0.15) is 45.7 Å². The summed E-state index contributed by atoms with van der Waals surface area (Å²) in [6.07, 6.45) is 0.343. The molecule has 108 valence electrons. The smallest absolute Gasteiger partial charge is 0.141 e. The van der Waals surface area contributed by atoms with Gasteiger partial charge in [-0.3, -0.25) is 0 Å². The second-order valence-corrected chi connectivity index (χ2v) is 6.63. The molecule has 1 rings (SSSR count). The fourth-order valence-electron chi connectivity index (χ4n) is 1.99. The van der Waals surface area contributed by atoms with Crippen molar-refractivity contribution in [2.24, 2.45) is 5.41 Å². The van der Waals surface area contributed by atoms with Gasteiger partial charge in [0.15, 0.2) is 0 Å². The Labute approximate surface area is 120 Å². The Morgan fingerprint density at radius 2 is 2.00 bits per heavy atom. The summed E-state index contributed by atoms with van der Waals surface area (Å²) in [5.74, 6) is -0.412. The van der Waals surface area contributed by atoms with Crippen LogP contribution >= 0.6 is 11.6 Å². The normalized spacial score (nSPS) is 15.3. The van der Waals surface area contributed by atoms with E-state index < -0.39 is 11.9 Å². The van der Waals surface area contributed by atoms with Crippen molar-refractivity contribution in [3.63, 3.8) is 0 Å². The van der Waals surface area contributed by atoms with Crippen molar-refractivity contribution in [3.05, 3.63) is 34.6 Å². The maximum atomic E-state index is 13.1. The third kappa shape index (κ3) is 5.89. The lowest BCUT2D eigenvalue weighted by atomic mass is 9.89. The van der Waals surface area contributed by atoms with E-state index in [1.165, 1.54) is 6.07 Å². The molecule has 0 amide bonds. The SMILES string of the molecule is CC(NCC(O)CC(C)(C)C)c1ccc(F)c(Cl)c1. The lowest BCUT2D eigenvalue weighted by Gasteiger charge is -2.24. The molecule has 0 saturated carbocycles. The van der Waals surface area contributed by atoms with Crippen molar-refractivity contribution in [3.8, 4) is 0 Å². The summed E-state index contributed by atoms with van der Waals surface area (Å²) in [5, 5.41) is 13.3. The zero-order valence-corrected chi connectivity index (χ0v) is 12.8. The molecular weight excluding hydrogens is 265 g/mol. The van der Waals surface area contributed by atoms with Crippen LogP contribution in [-0.4, -0.2) is 17.8 Å². The summed E-state index contributed by atoms with van der Waals surface area (Å²) < 4.78 is 13.1. The van der Waals surface area contributed by atoms with E-state index in [1.807, 2.05) is 6.92 Å². The lowest BCUT2D eigenvalue weighted by molar-refractivity contribution is 0.117. The van der Waals surface area contributed by atoms with Crippen LogP contribution in [0, 0.1) is 11.2 Å². The highest BCUT2D eigenvalue weighted by Crippen LogP contribution is 2.22. The zero-order chi connectivity index (χ0) is 14.6. The third-order valence-electron chi connectivity index (χ3n) is 2.95. The van der Waals surface area contributed by atoms with Crippen molar-refractivity contribution in [2.45, 2.75) is 46.3 Å². The standard InChI is InChI=1S/C15H23ClFNO/c1-10(11-5-6-14(17)13(16)7-11)18-9-12(19)8-15(2,3)4/h5-7,10,12,18-19H,8-9H2,1-4H3. The number of aliphatic hydroxyl groups is 1. The predicted octanol–water partition coefficient (Wildman–Crippen LogP) is 3.93. The molecule has 2 unspecified atom stereocenters. The second kappa shape index (κ2) is 6.69. The fourth-order valence-corrected chi connectivity index (χ4v) is 2.18. The first-order chi connectivity index (χ1) is 8.69. The molecule has 0 aliphatic heterocycles. The van der Waals surface area contributed by atoms with Gasteiger partial charge in [-0.15, -0.1) is 0 Å². The number of benzene rings is 1. The molecule has 19 heavy (non-hydrogen) atoms. The van der Waals surface area contributed by atoms with Gasteiger partial charge in [-0.2, -0.15) is 0 Å². The van der Waals surface area contributed by atoms with Gasteiger partial charge in [-0.05, 0) is 36.5 Å². The third-order valence-corrected chi connectivity index (χ3v) is 3.24. The maximum Gasteiger partial charge on any atom is 0.141 e. The van der Waals surface area contributed by atoms with Gasteiger partial charge in [0.25, 0.3) is 0 Å². The lowest BCUT2D eigenvalue weighted by Crippen LogP contribution is -2.31. The van der Waals surface area contributed by atoms with Gasteiger partial charge in [-0.1, -0.05) is 38.4 Å². The van der Waals surface area contributed by atoms with Crippen molar-refractivity contribution >= 4 is 11.6 Å². The Morgan fingerprint density at radius 1 is 1.37 bits per heavy atom. The van der Waals surface area contributed by atoms with E-state index >= 15 is 0 Å². The van der Waals surface area contributed by atoms with E-state index in [2.05, 4.69) is 26.1 Å². The first kappa shape index (κ1) is 16.4. The number of rotatable bonds is 5. The van der Waals surface area contributed by atoms with E-state index in [1.54, 1.807) is 12.1 Å². The highest BCUT2D eigenvalue weighted by Gasteiger charge is 2.17. The van der Waals surface area contributed by atoms with Crippen molar-refractivity contribution < 1.29 is 9.50 Å². The molecule has 0 aliphatic rings. The van der Waals surface area contributed by atoms with E-state index in [0.29, 0.717) is 6.54 Å². The molecule has 2 atom stereocenters. The van der Waals surface area contributed by atoms with E-state index in [0.717, 1.165) is 12.0 Å². The molecular formula is C15H23ClFNO. The van der Waals surface area contributed by atoms with Crippen molar-refractivity contribution in [1.29, 1.82) is 0 Å². The Hall–Kier alpha value is -0.640. The summed E-state index contributed by atoms with van der Waals surface area (Å²) in [4.78, 5) is 0. The van der Waals surface area contributed by atoms with Gasteiger partial charge in [-0.25, -0.2) is 4.39 Å². The van der Waals surface area contributed by atoms with Crippen LogP contribution in [0.25, 0.3) is 0 Å². The zero-order valence-electron chi connectivity index (χ0n) is 12.0. The molecule has 2 N–H and O–H groups in total. The van der Waals surface area contributed by atoms with Crippen LogP contribution in [0.2, 0.25) is 5.02 Å². The van der Waals surface area contributed by atoms with Crippen molar-refractivity contribution in [2.75, 3.05) is 6.54 Å². The summed E-state index contributed by atoms with van der Waals surface area (Å²) in [5.41, 5.74) is 1.01. The Bertz CT molecular complexity index is 417. The fraction of sp³-hybridized carbons (Fsp3) is 0.600. The molecule has 1 aromatic carbocycles. The predicted molar refractivity (Wildman–Crippen MR) is 77.9 cm³/mol. The van der Waals surface area contributed by atoms with Crippen LogP contribution < -0.4 is 5.32 Å². The van der Waals surface area contributed by atoms with Crippen LogP contribution in [0.5, 0.6) is 0 Å². The van der Waals surface area contributed by atoms with Crippen LogP contribution in [0.3, 0.4) is 0 Å². The van der Waals surface area contributed by atoms with Gasteiger partial charge in [0.2, 0.25) is 0 Å².